The molecule has 0 aromatic heterocycles. The van der Waals surface area contributed by atoms with Crippen LogP contribution in [0.4, 0.5) is 4.79 Å². The molecule has 0 atom stereocenters. The van der Waals surface area contributed by atoms with Gasteiger partial charge in [0.15, 0.2) is 0 Å². The molecular formula is C12H21N3O3. The number of hydrogen-bond acceptors (Lipinski definition) is 3. The zero-order chi connectivity index (χ0) is 13.0. The maximum absolute atomic E-state index is 12.0. The number of amides is 2. The molecule has 18 heavy (non-hydrogen) atoms. The summed E-state index contributed by atoms with van der Waals surface area (Å²) in [5, 5.41) is 10.9. The normalized spacial score (nSPS) is 22.8. The highest BCUT2D eigenvalue weighted by atomic mass is 16.4. The van der Waals surface area contributed by atoms with Crippen LogP contribution < -0.4 is 5.43 Å². The minimum Gasteiger partial charge on any atom is -0.481 e. The summed E-state index contributed by atoms with van der Waals surface area (Å²) in [7, 11) is 0. The molecule has 2 saturated heterocycles. The van der Waals surface area contributed by atoms with Gasteiger partial charge in [-0.05, 0) is 25.7 Å². The average molecular weight is 255 g/mol. The van der Waals surface area contributed by atoms with Gasteiger partial charge in [0.2, 0.25) is 0 Å². The van der Waals surface area contributed by atoms with E-state index < -0.39 is 5.97 Å². The lowest BCUT2D eigenvalue weighted by molar-refractivity contribution is -0.143. The number of aliphatic carboxylic acids is 1. The molecule has 0 aliphatic carbocycles. The number of carboxylic acid groups (broad SMARTS) is 1. The molecule has 0 aromatic rings. The molecule has 0 aromatic carbocycles. The molecule has 0 saturated carbocycles. The van der Waals surface area contributed by atoms with Crippen molar-refractivity contribution in [3.8, 4) is 0 Å². The third-order valence-corrected chi connectivity index (χ3v) is 3.74. The number of urea groups is 1. The van der Waals surface area contributed by atoms with Crippen molar-refractivity contribution in [2.45, 2.75) is 32.1 Å². The SMILES string of the molecule is O=C(O)C1CCN(C(=O)NN2CCCCC2)CC1. The fraction of sp³-hybridized carbons (Fsp3) is 0.833. The minimum absolute atomic E-state index is 0.0826. The van der Waals surface area contributed by atoms with Crippen molar-refractivity contribution < 1.29 is 14.7 Å². The Balaban J connectivity index is 1.75. The molecule has 0 bridgehead atoms. The highest BCUT2D eigenvalue weighted by Crippen LogP contribution is 2.17. The molecule has 0 spiro atoms. The van der Waals surface area contributed by atoms with Crippen molar-refractivity contribution in [3.63, 3.8) is 0 Å². The summed E-state index contributed by atoms with van der Waals surface area (Å²) in [6, 6.07) is -0.0826. The lowest BCUT2D eigenvalue weighted by Crippen LogP contribution is -2.52. The van der Waals surface area contributed by atoms with Crippen LogP contribution in [0.1, 0.15) is 32.1 Å². The molecule has 2 amide bonds. The molecule has 2 aliphatic rings. The second kappa shape index (κ2) is 6.04. The van der Waals surface area contributed by atoms with E-state index in [1.165, 1.54) is 6.42 Å². The van der Waals surface area contributed by atoms with Crippen molar-refractivity contribution in [2.75, 3.05) is 26.2 Å². The number of rotatable bonds is 2. The predicted octanol–water partition coefficient (Wildman–Crippen LogP) is 0.893. The molecule has 2 fully saturated rings. The van der Waals surface area contributed by atoms with Crippen LogP contribution in [-0.4, -0.2) is 53.2 Å². The van der Waals surface area contributed by atoms with Gasteiger partial charge in [0.1, 0.15) is 0 Å². The highest BCUT2D eigenvalue weighted by Gasteiger charge is 2.27. The Morgan fingerprint density at radius 1 is 1.00 bits per heavy atom. The van der Waals surface area contributed by atoms with E-state index in [1.54, 1.807) is 4.90 Å². The minimum atomic E-state index is -0.744. The van der Waals surface area contributed by atoms with E-state index in [4.69, 9.17) is 5.11 Å². The summed E-state index contributed by atoms with van der Waals surface area (Å²) in [6.07, 6.45) is 4.60. The first-order chi connectivity index (χ1) is 8.66. The molecule has 2 N–H and O–H groups in total. The van der Waals surface area contributed by atoms with Crippen LogP contribution in [0.15, 0.2) is 0 Å². The predicted molar refractivity (Wildman–Crippen MR) is 65.9 cm³/mol. The quantitative estimate of drug-likeness (QED) is 0.768. The Labute approximate surface area is 107 Å². The highest BCUT2D eigenvalue weighted by molar-refractivity contribution is 5.75. The molecule has 2 rings (SSSR count). The average Bonchev–Trinajstić information content (AvgIpc) is 2.40. The molecule has 2 aliphatic heterocycles. The fourth-order valence-electron chi connectivity index (χ4n) is 2.54. The van der Waals surface area contributed by atoms with Crippen molar-refractivity contribution in [2.24, 2.45) is 5.92 Å². The first kappa shape index (κ1) is 13.1. The topological polar surface area (TPSA) is 72.9 Å². The molecule has 6 nitrogen and oxygen atoms in total. The zero-order valence-electron chi connectivity index (χ0n) is 10.6. The maximum atomic E-state index is 12.0. The van der Waals surface area contributed by atoms with Gasteiger partial charge in [0.05, 0.1) is 5.92 Å². The van der Waals surface area contributed by atoms with Crippen molar-refractivity contribution in [1.82, 2.24) is 15.3 Å². The van der Waals surface area contributed by atoms with Gasteiger partial charge in [-0.3, -0.25) is 10.2 Å². The smallest absolute Gasteiger partial charge is 0.331 e. The standard InChI is InChI=1S/C12H21N3O3/c16-11(17)10-4-8-14(9-5-10)12(18)13-15-6-2-1-3-7-15/h10H,1-9H2,(H,13,18)(H,16,17). The van der Waals surface area contributed by atoms with E-state index in [0.29, 0.717) is 25.9 Å². The lowest BCUT2D eigenvalue weighted by Gasteiger charge is -2.33. The molecule has 2 heterocycles. The first-order valence-electron chi connectivity index (χ1n) is 6.70. The van der Waals surface area contributed by atoms with Gasteiger partial charge in [0.25, 0.3) is 0 Å². The molecule has 6 heteroatoms. The number of nitrogens with one attached hydrogen (secondary N) is 1. The summed E-state index contributed by atoms with van der Waals surface area (Å²) in [4.78, 5) is 24.5. The van der Waals surface area contributed by atoms with E-state index in [2.05, 4.69) is 5.43 Å². The van der Waals surface area contributed by atoms with Crippen LogP contribution in [0, 0.1) is 5.92 Å². The van der Waals surface area contributed by atoms with E-state index in [1.807, 2.05) is 5.01 Å². The largest absolute Gasteiger partial charge is 0.481 e. The van der Waals surface area contributed by atoms with Gasteiger partial charge >= 0.3 is 12.0 Å². The third kappa shape index (κ3) is 3.35. The zero-order valence-corrected chi connectivity index (χ0v) is 10.6. The van der Waals surface area contributed by atoms with Crippen LogP contribution in [0.2, 0.25) is 0 Å². The van der Waals surface area contributed by atoms with E-state index in [-0.39, 0.29) is 11.9 Å². The molecule has 0 radical (unpaired) electrons. The van der Waals surface area contributed by atoms with Gasteiger partial charge in [-0.2, -0.15) is 0 Å². The van der Waals surface area contributed by atoms with Crippen LogP contribution in [0.3, 0.4) is 0 Å². The Morgan fingerprint density at radius 2 is 1.61 bits per heavy atom. The Hall–Kier alpha value is -1.30. The summed E-state index contributed by atoms with van der Waals surface area (Å²) >= 11 is 0. The number of piperidine rings is 2. The third-order valence-electron chi connectivity index (χ3n) is 3.74. The van der Waals surface area contributed by atoms with Crippen molar-refractivity contribution >= 4 is 12.0 Å². The van der Waals surface area contributed by atoms with Gasteiger partial charge in [0, 0.05) is 26.2 Å². The monoisotopic (exact) mass is 255 g/mol. The number of likely N-dealkylation sites (tertiary alicyclic amines) is 1. The maximum Gasteiger partial charge on any atom is 0.331 e. The van der Waals surface area contributed by atoms with Gasteiger partial charge in [-0.25, -0.2) is 9.80 Å². The summed E-state index contributed by atoms with van der Waals surface area (Å²) < 4.78 is 0. The number of carboxylic acids is 1. The summed E-state index contributed by atoms with van der Waals surface area (Å²) in [6.45, 7) is 2.90. The second-order valence-electron chi connectivity index (χ2n) is 5.06. The van der Waals surface area contributed by atoms with Crippen LogP contribution in [0.5, 0.6) is 0 Å². The number of hydrazine groups is 1. The number of carbonyl (C=O) groups excluding carboxylic acids is 1. The van der Waals surface area contributed by atoms with E-state index in [9.17, 15) is 9.59 Å². The molecule has 0 unspecified atom stereocenters. The van der Waals surface area contributed by atoms with E-state index in [0.717, 1.165) is 25.9 Å². The van der Waals surface area contributed by atoms with Crippen LogP contribution in [0.25, 0.3) is 0 Å². The van der Waals surface area contributed by atoms with Crippen LogP contribution >= 0.6 is 0 Å². The number of carbonyl (C=O) groups is 2. The number of hydrogen-bond donors (Lipinski definition) is 2. The van der Waals surface area contributed by atoms with E-state index >= 15 is 0 Å². The Bertz CT molecular complexity index is 308. The van der Waals surface area contributed by atoms with Gasteiger partial charge in [-0.1, -0.05) is 6.42 Å². The first-order valence-corrected chi connectivity index (χ1v) is 6.70. The van der Waals surface area contributed by atoms with Gasteiger partial charge in [-0.15, -0.1) is 0 Å². The molecule has 102 valence electrons. The second-order valence-corrected chi connectivity index (χ2v) is 5.06. The summed E-state index contributed by atoms with van der Waals surface area (Å²) in [5.74, 6) is -1.03. The molecular weight excluding hydrogens is 234 g/mol. The number of nitrogens with zero attached hydrogens (tertiary/aromatic N) is 2. The van der Waals surface area contributed by atoms with Gasteiger partial charge < -0.3 is 10.0 Å². The Morgan fingerprint density at radius 3 is 2.17 bits per heavy atom. The summed E-state index contributed by atoms with van der Waals surface area (Å²) in [5.41, 5.74) is 2.91. The fourth-order valence-corrected chi connectivity index (χ4v) is 2.54. The van der Waals surface area contributed by atoms with Crippen molar-refractivity contribution in [1.29, 1.82) is 0 Å². The van der Waals surface area contributed by atoms with Crippen molar-refractivity contribution in [3.05, 3.63) is 0 Å². The Kier molecular flexibility index (Phi) is 4.41. The lowest BCUT2D eigenvalue weighted by atomic mass is 9.97. The van der Waals surface area contributed by atoms with Crippen LogP contribution in [-0.2, 0) is 4.79 Å².